The van der Waals surface area contributed by atoms with Crippen molar-refractivity contribution < 1.29 is 4.74 Å². The van der Waals surface area contributed by atoms with E-state index in [1.54, 1.807) is 5.56 Å². The molecule has 0 amide bonds. The van der Waals surface area contributed by atoms with Crippen LogP contribution in [-0.2, 0) is 0 Å². The van der Waals surface area contributed by atoms with Gasteiger partial charge in [0, 0.05) is 12.1 Å². The lowest BCUT2D eigenvalue weighted by atomic mass is 9.92. The van der Waals surface area contributed by atoms with E-state index in [4.69, 9.17) is 4.74 Å². The van der Waals surface area contributed by atoms with Crippen molar-refractivity contribution in [1.29, 1.82) is 0 Å². The standard InChI is InChI=1S/C23H29NO/c1-23(2,3)24-16-15-21(25-18-9-5-4-6-10-18)22(24)20-12-8-7-11-19(20)17-13-14-17/h4-12,17,21-22H,13-16H2,1-3H3. The van der Waals surface area contributed by atoms with Gasteiger partial charge in [-0.25, -0.2) is 0 Å². The zero-order valence-corrected chi connectivity index (χ0v) is 15.6. The van der Waals surface area contributed by atoms with Gasteiger partial charge in [0.15, 0.2) is 0 Å². The minimum Gasteiger partial charge on any atom is -0.488 e. The Balaban J connectivity index is 1.70. The summed E-state index contributed by atoms with van der Waals surface area (Å²) < 4.78 is 6.48. The van der Waals surface area contributed by atoms with Gasteiger partial charge in [-0.2, -0.15) is 0 Å². The minimum atomic E-state index is 0.135. The Bertz CT molecular complexity index is 714. The smallest absolute Gasteiger partial charge is 0.120 e. The Morgan fingerprint density at radius 1 is 0.840 bits per heavy atom. The summed E-state index contributed by atoms with van der Waals surface area (Å²) in [7, 11) is 0. The molecule has 2 aromatic rings. The van der Waals surface area contributed by atoms with Crippen LogP contribution in [0.4, 0.5) is 0 Å². The molecule has 0 aromatic heterocycles. The molecule has 0 spiro atoms. The molecule has 1 aliphatic heterocycles. The molecule has 1 saturated heterocycles. The topological polar surface area (TPSA) is 12.5 Å². The van der Waals surface area contributed by atoms with Crippen LogP contribution >= 0.6 is 0 Å². The van der Waals surface area contributed by atoms with Gasteiger partial charge in [-0.1, -0.05) is 42.5 Å². The van der Waals surface area contributed by atoms with E-state index in [9.17, 15) is 0 Å². The van der Waals surface area contributed by atoms with Crippen LogP contribution in [0.2, 0.25) is 0 Å². The molecule has 0 bridgehead atoms. The number of hydrogen-bond acceptors (Lipinski definition) is 2. The van der Waals surface area contributed by atoms with Crippen LogP contribution in [0, 0.1) is 0 Å². The van der Waals surface area contributed by atoms with Crippen molar-refractivity contribution in [3.05, 3.63) is 65.7 Å². The Hall–Kier alpha value is -1.80. The first-order valence-electron chi connectivity index (χ1n) is 9.61. The Morgan fingerprint density at radius 2 is 1.48 bits per heavy atom. The minimum absolute atomic E-state index is 0.135. The molecule has 1 saturated carbocycles. The zero-order valence-electron chi connectivity index (χ0n) is 15.6. The summed E-state index contributed by atoms with van der Waals surface area (Å²) in [6.45, 7) is 8.06. The molecule has 2 unspecified atom stereocenters. The van der Waals surface area contributed by atoms with Crippen LogP contribution in [-0.4, -0.2) is 23.1 Å². The van der Waals surface area contributed by atoms with E-state index in [2.05, 4.69) is 74.2 Å². The van der Waals surface area contributed by atoms with Gasteiger partial charge in [0.25, 0.3) is 0 Å². The monoisotopic (exact) mass is 335 g/mol. The fourth-order valence-corrected chi connectivity index (χ4v) is 4.23. The maximum absolute atomic E-state index is 6.48. The van der Waals surface area contributed by atoms with Gasteiger partial charge in [-0.3, -0.25) is 4.90 Å². The third-order valence-electron chi connectivity index (χ3n) is 5.57. The van der Waals surface area contributed by atoms with Gasteiger partial charge in [0.1, 0.15) is 11.9 Å². The van der Waals surface area contributed by atoms with E-state index in [0.717, 1.165) is 24.6 Å². The largest absolute Gasteiger partial charge is 0.488 e. The molecule has 1 heterocycles. The third kappa shape index (κ3) is 3.46. The SMILES string of the molecule is CC(C)(C)N1CCC(Oc2ccccc2)C1c1ccccc1C1CC1. The van der Waals surface area contributed by atoms with Crippen LogP contribution < -0.4 is 4.74 Å². The number of nitrogens with zero attached hydrogens (tertiary/aromatic N) is 1. The molecule has 4 rings (SSSR count). The summed E-state index contributed by atoms with van der Waals surface area (Å²) in [6.07, 6.45) is 3.96. The molecular formula is C23H29NO. The first-order valence-corrected chi connectivity index (χ1v) is 9.61. The zero-order chi connectivity index (χ0) is 17.4. The molecule has 2 aromatic carbocycles. The number of hydrogen-bond donors (Lipinski definition) is 0. The van der Waals surface area contributed by atoms with Gasteiger partial charge >= 0.3 is 0 Å². The highest BCUT2D eigenvalue weighted by molar-refractivity contribution is 5.37. The Kier molecular flexibility index (Phi) is 4.33. The molecule has 0 N–H and O–H groups in total. The van der Waals surface area contributed by atoms with Crippen molar-refractivity contribution in [3.8, 4) is 5.75 Å². The lowest BCUT2D eigenvalue weighted by Gasteiger charge is -2.39. The average Bonchev–Trinajstić information content (AvgIpc) is 3.35. The summed E-state index contributed by atoms with van der Waals surface area (Å²) in [6, 6.07) is 19.7. The van der Waals surface area contributed by atoms with Crippen molar-refractivity contribution in [2.24, 2.45) is 0 Å². The van der Waals surface area contributed by atoms with E-state index in [1.807, 2.05) is 6.07 Å². The Labute approximate surface area is 151 Å². The number of likely N-dealkylation sites (tertiary alicyclic amines) is 1. The van der Waals surface area contributed by atoms with Crippen LogP contribution in [0.1, 0.15) is 63.1 Å². The number of para-hydroxylation sites is 1. The third-order valence-corrected chi connectivity index (χ3v) is 5.57. The van der Waals surface area contributed by atoms with Gasteiger partial charge in [-0.15, -0.1) is 0 Å². The normalized spacial score (nSPS) is 24.4. The van der Waals surface area contributed by atoms with Crippen molar-refractivity contribution in [2.75, 3.05) is 6.54 Å². The number of rotatable bonds is 4. The molecule has 25 heavy (non-hydrogen) atoms. The summed E-state index contributed by atoms with van der Waals surface area (Å²) in [5.74, 6) is 1.74. The summed E-state index contributed by atoms with van der Waals surface area (Å²) in [5.41, 5.74) is 3.17. The molecular weight excluding hydrogens is 306 g/mol. The predicted octanol–water partition coefficient (Wildman–Crippen LogP) is 5.56. The van der Waals surface area contributed by atoms with Crippen molar-refractivity contribution in [2.45, 2.75) is 63.6 Å². The molecule has 1 aliphatic carbocycles. The molecule has 2 fully saturated rings. The van der Waals surface area contributed by atoms with Gasteiger partial charge in [-0.05, 0) is 69.2 Å². The van der Waals surface area contributed by atoms with Gasteiger partial charge in [0.05, 0.1) is 6.04 Å². The molecule has 2 aliphatic rings. The highest BCUT2D eigenvalue weighted by Crippen LogP contribution is 2.47. The first kappa shape index (κ1) is 16.7. The molecule has 2 heteroatoms. The fraction of sp³-hybridized carbons (Fsp3) is 0.478. The second-order valence-electron chi connectivity index (χ2n) is 8.47. The first-order chi connectivity index (χ1) is 12.0. The highest BCUT2D eigenvalue weighted by Gasteiger charge is 2.43. The van der Waals surface area contributed by atoms with Crippen LogP contribution in [0.25, 0.3) is 0 Å². The van der Waals surface area contributed by atoms with E-state index in [0.29, 0.717) is 6.04 Å². The quantitative estimate of drug-likeness (QED) is 0.725. The Morgan fingerprint density at radius 3 is 2.12 bits per heavy atom. The summed E-state index contributed by atoms with van der Waals surface area (Å²) in [5, 5.41) is 0. The maximum atomic E-state index is 6.48. The molecule has 2 atom stereocenters. The van der Waals surface area contributed by atoms with Crippen LogP contribution in [0.15, 0.2) is 54.6 Å². The number of benzene rings is 2. The fourth-order valence-electron chi connectivity index (χ4n) is 4.23. The van der Waals surface area contributed by atoms with Gasteiger partial charge in [0.2, 0.25) is 0 Å². The van der Waals surface area contributed by atoms with E-state index in [1.165, 1.54) is 18.4 Å². The van der Waals surface area contributed by atoms with Gasteiger partial charge < -0.3 is 4.74 Å². The average molecular weight is 335 g/mol. The second-order valence-corrected chi connectivity index (χ2v) is 8.47. The molecule has 0 radical (unpaired) electrons. The van der Waals surface area contributed by atoms with Crippen molar-refractivity contribution in [1.82, 2.24) is 4.90 Å². The van der Waals surface area contributed by atoms with Crippen molar-refractivity contribution >= 4 is 0 Å². The lowest BCUT2D eigenvalue weighted by Crippen LogP contribution is -2.43. The van der Waals surface area contributed by atoms with E-state index >= 15 is 0 Å². The van der Waals surface area contributed by atoms with E-state index < -0.39 is 0 Å². The summed E-state index contributed by atoms with van der Waals surface area (Å²) in [4.78, 5) is 2.64. The molecule has 132 valence electrons. The number of ether oxygens (including phenoxy) is 1. The van der Waals surface area contributed by atoms with Crippen molar-refractivity contribution in [3.63, 3.8) is 0 Å². The van der Waals surface area contributed by atoms with Crippen LogP contribution in [0.5, 0.6) is 5.75 Å². The maximum Gasteiger partial charge on any atom is 0.120 e. The lowest BCUT2D eigenvalue weighted by molar-refractivity contribution is 0.0739. The van der Waals surface area contributed by atoms with Crippen LogP contribution in [0.3, 0.4) is 0 Å². The molecule has 2 nitrogen and oxygen atoms in total. The second kappa shape index (κ2) is 6.49. The predicted molar refractivity (Wildman–Crippen MR) is 103 cm³/mol. The highest BCUT2D eigenvalue weighted by atomic mass is 16.5. The van der Waals surface area contributed by atoms with E-state index in [-0.39, 0.29) is 11.6 Å². The summed E-state index contributed by atoms with van der Waals surface area (Å²) >= 11 is 0.